The largest absolute Gasteiger partial charge is 0.346 e. The topological polar surface area (TPSA) is 68.0 Å². The third-order valence-corrected chi connectivity index (χ3v) is 4.22. The number of nitrogens with one attached hydrogen (secondary N) is 1. The van der Waals surface area contributed by atoms with E-state index in [0.29, 0.717) is 5.69 Å². The lowest BCUT2D eigenvalue weighted by molar-refractivity contribution is 0.0924. The molecule has 0 bridgehead atoms. The summed E-state index contributed by atoms with van der Waals surface area (Å²) in [5.74, 6) is -0.122. The summed E-state index contributed by atoms with van der Waals surface area (Å²) in [6, 6.07) is 11.6. The van der Waals surface area contributed by atoms with Gasteiger partial charge < -0.3 is 11.1 Å². The molecule has 3 N–H and O–H groups in total. The summed E-state index contributed by atoms with van der Waals surface area (Å²) in [5, 5.41) is 4.11. The van der Waals surface area contributed by atoms with Gasteiger partial charge in [-0.1, -0.05) is 43.5 Å². The zero-order chi connectivity index (χ0) is 14.7. The van der Waals surface area contributed by atoms with E-state index in [0.717, 1.165) is 36.6 Å². The fraction of sp³-hybridized carbons (Fsp3) is 0.412. The van der Waals surface area contributed by atoms with E-state index in [1.165, 1.54) is 6.42 Å². The van der Waals surface area contributed by atoms with Crippen LogP contribution in [-0.4, -0.2) is 23.0 Å². The number of hydrogen-bond donors (Lipinski definition) is 2. The summed E-state index contributed by atoms with van der Waals surface area (Å²) >= 11 is 0. The van der Waals surface area contributed by atoms with Crippen LogP contribution in [0.4, 0.5) is 0 Å². The van der Waals surface area contributed by atoms with E-state index in [1.54, 1.807) is 6.07 Å². The predicted octanol–water partition coefficient (Wildman–Crippen LogP) is 2.62. The Morgan fingerprint density at radius 1 is 1.10 bits per heavy atom. The normalized spacial score (nSPS) is 22.7. The van der Waals surface area contributed by atoms with Crippen molar-refractivity contribution in [2.24, 2.45) is 5.73 Å². The van der Waals surface area contributed by atoms with Gasteiger partial charge in [0.15, 0.2) is 0 Å². The van der Waals surface area contributed by atoms with Crippen LogP contribution in [-0.2, 0) is 0 Å². The molecule has 0 spiro atoms. The van der Waals surface area contributed by atoms with Gasteiger partial charge in [-0.3, -0.25) is 4.79 Å². The van der Waals surface area contributed by atoms with E-state index in [9.17, 15) is 4.79 Å². The first-order valence-corrected chi connectivity index (χ1v) is 7.66. The van der Waals surface area contributed by atoms with Crippen LogP contribution in [0.25, 0.3) is 10.9 Å². The number of nitrogens with two attached hydrogens (primary N) is 1. The van der Waals surface area contributed by atoms with Gasteiger partial charge in [-0.15, -0.1) is 0 Å². The predicted molar refractivity (Wildman–Crippen MR) is 84.1 cm³/mol. The molecule has 0 saturated heterocycles. The zero-order valence-electron chi connectivity index (χ0n) is 12.1. The van der Waals surface area contributed by atoms with Gasteiger partial charge in [0, 0.05) is 17.5 Å². The van der Waals surface area contributed by atoms with E-state index in [1.807, 2.05) is 30.3 Å². The Labute approximate surface area is 124 Å². The SMILES string of the molecule is NC1CCCCCC1NC(=O)c1ccc2ccccc2n1. The molecular formula is C17H21N3O. The van der Waals surface area contributed by atoms with Crippen LogP contribution in [0.15, 0.2) is 36.4 Å². The molecule has 2 atom stereocenters. The molecule has 1 aliphatic rings. The zero-order valence-corrected chi connectivity index (χ0v) is 12.1. The van der Waals surface area contributed by atoms with Crippen LogP contribution in [0, 0.1) is 0 Å². The summed E-state index contributed by atoms with van der Waals surface area (Å²) in [7, 11) is 0. The van der Waals surface area contributed by atoms with Crippen LogP contribution >= 0.6 is 0 Å². The summed E-state index contributed by atoms with van der Waals surface area (Å²) in [6.45, 7) is 0. The van der Waals surface area contributed by atoms with Crippen LogP contribution < -0.4 is 11.1 Å². The smallest absolute Gasteiger partial charge is 0.270 e. The second kappa shape index (κ2) is 6.22. The highest BCUT2D eigenvalue weighted by Crippen LogP contribution is 2.17. The third-order valence-electron chi connectivity index (χ3n) is 4.22. The molecule has 1 aromatic heterocycles. The van der Waals surface area contributed by atoms with Crippen molar-refractivity contribution in [2.45, 2.75) is 44.2 Å². The van der Waals surface area contributed by atoms with Crippen molar-refractivity contribution in [3.63, 3.8) is 0 Å². The third kappa shape index (κ3) is 3.22. The minimum absolute atomic E-state index is 0.0527. The molecule has 1 amide bonds. The van der Waals surface area contributed by atoms with Crippen LogP contribution in [0.5, 0.6) is 0 Å². The summed E-state index contributed by atoms with van der Waals surface area (Å²) < 4.78 is 0. The molecule has 1 fully saturated rings. The first-order valence-electron chi connectivity index (χ1n) is 7.66. The molecule has 3 rings (SSSR count). The van der Waals surface area contributed by atoms with E-state index in [-0.39, 0.29) is 18.0 Å². The molecule has 1 heterocycles. The average molecular weight is 283 g/mol. The maximum Gasteiger partial charge on any atom is 0.270 e. The molecule has 1 aliphatic carbocycles. The lowest BCUT2D eigenvalue weighted by atomic mass is 10.0. The maximum atomic E-state index is 12.4. The number of amides is 1. The lowest BCUT2D eigenvalue weighted by Gasteiger charge is -2.22. The van der Waals surface area contributed by atoms with Gasteiger partial charge >= 0.3 is 0 Å². The maximum absolute atomic E-state index is 12.4. The highest BCUT2D eigenvalue weighted by Gasteiger charge is 2.22. The number of fused-ring (bicyclic) bond motifs is 1. The number of aromatic nitrogens is 1. The quantitative estimate of drug-likeness (QED) is 0.832. The molecule has 1 aromatic carbocycles. The van der Waals surface area contributed by atoms with Crippen LogP contribution in [0.1, 0.15) is 42.6 Å². The number of para-hydroxylation sites is 1. The van der Waals surface area contributed by atoms with Crippen molar-refractivity contribution in [2.75, 3.05) is 0 Å². The van der Waals surface area contributed by atoms with Gasteiger partial charge in [0.1, 0.15) is 5.69 Å². The molecular weight excluding hydrogens is 262 g/mol. The molecule has 1 saturated carbocycles. The van der Waals surface area contributed by atoms with E-state index < -0.39 is 0 Å². The van der Waals surface area contributed by atoms with Crippen LogP contribution in [0.3, 0.4) is 0 Å². The highest BCUT2D eigenvalue weighted by atomic mass is 16.1. The minimum atomic E-state index is -0.122. The van der Waals surface area contributed by atoms with Crippen molar-refractivity contribution < 1.29 is 4.79 Å². The number of nitrogens with zero attached hydrogens (tertiary/aromatic N) is 1. The van der Waals surface area contributed by atoms with Crippen LogP contribution in [0.2, 0.25) is 0 Å². The number of benzene rings is 1. The Bertz CT molecular complexity index is 641. The lowest BCUT2D eigenvalue weighted by Crippen LogP contribution is -2.47. The number of pyridine rings is 1. The Kier molecular flexibility index (Phi) is 4.15. The van der Waals surface area contributed by atoms with Gasteiger partial charge in [0.05, 0.1) is 5.52 Å². The average Bonchev–Trinajstić information content (AvgIpc) is 2.72. The number of carbonyl (C=O) groups is 1. The van der Waals surface area contributed by atoms with Crippen molar-refractivity contribution in [1.82, 2.24) is 10.3 Å². The number of rotatable bonds is 2. The van der Waals surface area contributed by atoms with Crippen molar-refractivity contribution in [3.05, 3.63) is 42.1 Å². The number of carbonyl (C=O) groups excluding carboxylic acids is 1. The van der Waals surface area contributed by atoms with E-state index >= 15 is 0 Å². The Morgan fingerprint density at radius 3 is 2.81 bits per heavy atom. The summed E-state index contributed by atoms with van der Waals surface area (Å²) in [6.07, 6.45) is 5.43. The van der Waals surface area contributed by atoms with E-state index in [2.05, 4.69) is 10.3 Å². The molecule has 4 heteroatoms. The van der Waals surface area contributed by atoms with Gasteiger partial charge in [-0.2, -0.15) is 0 Å². The fourth-order valence-corrected chi connectivity index (χ4v) is 2.95. The van der Waals surface area contributed by atoms with Crippen molar-refractivity contribution in [1.29, 1.82) is 0 Å². The van der Waals surface area contributed by atoms with Gasteiger partial charge in [-0.05, 0) is 25.0 Å². The van der Waals surface area contributed by atoms with Gasteiger partial charge in [0.2, 0.25) is 0 Å². The van der Waals surface area contributed by atoms with Gasteiger partial charge in [0.25, 0.3) is 5.91 Å². The molecule has 0 aliphatic heterocycles. The standard InChI is InChI=1S/C17H21N3O/c18-13-7-2-1-3-9-15(13)20-17(21)16-11-10-12-6-4-5-8-14(12)19-16/h4-6,8,10-11,13,15H,1-3,7,9,18H2,(H,20,21). The highest BCUT2D eigenvalue weighted by molar-refractivity contribution is 5.95. The Morgan fingerprint density at radius 2 is 1.90 bits per heavy atom. The first kappa shape index (κ1) is 14.0. The fourth-order valence-electron chi connectivity index (χ4n) is 2.95. The summed E-state index contributed by atoms with van der Waals surface area (Å²) in [4.78, 5) is 16.8. The molecule has 21 heavy (non-hydrogen) atoms. The Hall–Kier alpha value is -1.94. The van der Waals surface area contributed by atoms with E-state index in [4.69, 9.17) is 5.73 Å². The second-order valence-corrected chi connectivity index (χ2v) is 5.77. The molecule has 2 aromatic rings. The molecule has 0 radical (unpaired) electrons. The second-order valence-electron chi connectivity index (χ2n) is 5.77. The van der Waals surface area contributed by atoms with Crippen molar-refractivity contribution in [3.8, 4) is 0 Å². The molecule has 110 valence electrons. The minimum Gasteiger partial charge on any atom is -0.346 e. The first-order chi connectivity index (χ1) is 10.2. The van der Waals surface area contributed by atoms with Crippen molar-refractivity contribution >= 4 is 16.8 Å². The summed E-state index contributed by atoms with van der Waals surface area (Å²) in [5.41, 5.74) is 7.47. The molecule has 4 nitrogen and oxygen atoms in total. The monoisotopic (exact) mass is 283 g/mol. The number of hydrogen-bond acceptors (Lipinski definition) is 3. The molecule has 2 unspecified atom stereocenters. The van der Waals surface area contributed by atoms with Gasteiger partial charge in [-0.25, -0.2) is 4.98 Å². The Balaban J connectivity index is 1.76.